The minimum atomic E-state index is -0.207. The van der Waals surface area contributed by atoms with E-state index in [0.717, 1.165) is 10.9 Å². The van der Waals surface area contributed by atoms with Gasteiger partial charge in [0.2, 0.25) is 5.91 Å². The maximum Gasteiger partial charge on any atom is 0.243 e. The number of carbonyl (C=O) groups is 1. The summed E-state index contributed by atoms with van der Waals surface area (Å²) in [5, 5.41) is 16.3. The fourth-order valence-corrected chi connectivity index (χ4v) is 2.20. The first-order chi connectivity index (χ1) is 10.7. The molecule has 0 bridgehead atoms. The van der Waals surface area contributed by atoms with Crippen LogP contribution in [0, 0.1) is 0 Å². The molecule has 3 N–H and O–H groups in total. The molecule has 2 aromatic carbocycles. The predicted octanol–water partition coefficient (Wildman–Crippen LogP) is 2.99. The number of pyridine rings is 1. The summed E-state index contributed by atoms with van der Waals surface area (Å²) in [5.41, 5.74) is 1.94. The number of nitrogens with one attached hydrogen (secondary N) is 2. The molecule has 0 unspecified atom stereocenters. The van der Waals surface area contributed by atoms with Gasteiger partial charge in [0.15, 0.2) is 0 Å². The van der Waals surface area contributed by atoms with Gasteiger partial charge in [-0.2, -0.15) is 0 Å². The van der Waals surface area contributed by atoms with Gasteiger partial charge < -0.3 is 15.7 Å². The van der Waals surface area contributed by atoms with Gasteiger partial charge in [-0.25, -0.2) is 0 Å². The number of rotatable bonds is 4. The van der Waals surface area contributed by atoms with Gasteiger partial charge in [0.1, 0.15) is 5.75 Å². The van der Waals surface area contributed by atoms with Crippen LogP contribution in [0.1, 0.15) is 0 Å². The highest BCUT2D eigenvalue weighted by atomic mass is 16.3. The van der Waals surface area contributed by atoms with Gasteiger partial charge in [-0.1, -0.05) is 30.3 Å². The Labute approximate surface area is 127 Å². The van der Waals surface area contributed by atoms with E-state index >= 15 is 0 Å². The first-order valence-corrected chi connectivity index (χ1v) is 6.89. The Morgan fingerprint density at radius 1 is 1.00 bits per heavy atom. The van der Waals surface area contributed by atoms with Crippen LogP contribution in [0.5, 0.6) is 5.75 Å². The van der Waals surface area contributed by atoms with Crippen molar-refractivity contribution in [2.24, 2.45) is 0 Å². The monoisotopic (exact) mass is 293 g/mol. The van der Waals surface area contributed by atoms with Crippen LogP contribution in [0.25, 0.3) is 10.9 Å². The molecule has 3 rings (SSSR count). The van der Waals surface area contributed by atoms with E-state index in [2.05, 4.69) is 15.6 Å². The Morgan fingerprint density at radius 3 is 2.64 bits per heavy atom. The number of phenols is 1. The second kappa shape index (κ2) is 6.13. The number of para-hydroxylation sites is 3. The molecule has 0 radical (unpaired) electrons. The maximum atomic E-state index is 12.1. The van der Waals surface area contributed by atoms with E-state index in [9.17, 15) is 9.90 Å². The van der Waals surface area contributed by atoms with Crippen LogP contribution in [0.2, 0.25) is 0 Å². The Bertz CT molecular complexity index is 812. The molecule has 0 spiro atoms. The number of hydrogen-bond donors (Lipinski definition) is 3. The van der Waals surface area contributed by atoms with Crippen molar-refractivity contribution in [3.63, 3.8) is 0 Å². The van der Waals surface area contributed by atoms with Crippen molar-refractivity contribution in [2.75, 3.05) is 17.2 Å². The number of aromatic hydroxyl groups is 1. The molecule has 22 heavy (non-hydrogen) atoms. The van der Waals surface area contributed by atoms with Crippen molar-refractivity contribution in [1.82, 2.24) is 4.98 Å². The molecule has 5 heteroatoms. The van der Waals surface area contributed by atoms with Gasteiger partial charge in [0.25, 0.3) is 0 Å². The fraction of sp³-hybridized carbons (Fsp3) is 0.0588. The predicted molar refractivity (Wildman–Crippen MR) is 87.0 cm³/mol. The van der Waals surface area contributed by atoms with Crippen LogP contribution in [-0.4, -0.2) is 22.5 Å². The van der Waals surface area contributed by atoms with Gasteiger partial charge in [0.05, 0.1) is 23.4 Å². The van der Waals surface area contributed by atoms with Crippen molar-refractivity contribution in [3.05, 3.63) is 60.8 Å². The SMILES string of the molecule is O=C(CNc1ccccc1O)Nc1cccc2cccnc12. The second-order valence-corrected chi connectivity index (χ2v) is 4.80. The molecule has 0 aliphatic carbocycles. The zero-order valence-corrected chi connectivity index (χ0v) is 11.8. The van der Waals surface area contributed by atoms with Gasteiger partial charge in [-0.3, -0.25) is 9.78 Å². The lowest BCUT2D eigenvalue weighted by molar-refractivity contribution is -0.114. The van der Waals surface area contributed by atoms with Crippen LogP contribution in [-0.2, 0) is 4.79 Å². The highest BCUT2D eigenvalue weighted by molar-refractivity contribution is 6.01. The number of phenolic OH excluding ortho intramolecular Hbond substituents is 1. The van der Waals surface area contributed by atoms with E-state index in [-0.39, 0.29) is 18.2 Å². The van der Waals surface area contributed by atoms with Crippen molar-refractivity contribution in [1.29, 1.82) is 0 Å². The van der Waals surface area contributed by atoms with Gasteiger partial charge in [-0.05, 0) is 24.3 Å². The average molecular weight is 293 g/mol. The number of fused-ring (bicyclic) bond motifs is 1. The zero-order chi connectivity index (χ0) is 15.4. The van der Waals surface area contributed by atoms with E-state index < -0.39 is 0 Å². The van der Waals surface area contributed by atoms with Crippen LogP contribution in [0.4, 0.5) is 11.4 Å². The van der Waals surface area contributed by atoms with Gasteiger partial charge in [0, 0.05) is 11.6 Å². The number of aromatic nitrogens is 1. The quantitative estimate of drug-likeness (QED) is 0.646. The molecule has 0 fully saturated rings. The molecule has 0 atom stereocenters. The van der Waals surface area contributed by atoms with Gasteiger partial charge in [-0.15, -0.1) is 0 Å². The number of hydrogen-bond acceptors (Lipinski definition) is 4. The summed E-state index contributed by atoms with van der Waals surface area (Å²) in [6, 6.07) is 16.2. The summed E-state index contributed by atoms with van der Waals surface area (Å²) in [7, 11) is 0. The number of amides is 1. The van der Waals surface area contributed by atoms with Crippen LogP contribution >= 0.6 is 0 Å². The molecule has 1 amide bonds. The van der Waals surface area contributed by atoms with Crippen molar-refractivity contribution in [2.45, 2.75) is 0 Å². The summed E-state index contributed by atoms with van der Waals surface area (Å²) < 4.78 is 0. The normalized spacial score (nSPS) is 10.4. The third-order valence-electron chi connectivity index (χ3n) is 3.25. The molecular formula is C17H15N3O2. The Hall–Kier alpha value is -3.08. The number of carbonyl (C=O) groups excluding carboxylic acids is 1. The Balaban J connectivity index is 1.70. The number of benzene rings is 2. The molecule has 1 heterocycles. The summed E-state index contributed by atoms with van der Waals surface area (Å²) in [4.78, 5) is 16.3. The maximum absolute atomic E-state index is 12.1. The van der Waals surface area contributed by atoms with Crippen molar-refractivity contribution in [3.8, 4) is 5.75 Å². The molecule has 5 nitrogen and oxygen atoms in total. The molecule has 0 saturated carbocycles. The summed E-state index contributed by atoms with van der Waals surface area (Å²) in [6.45, 7) is 0.0563. The van der Waals surface area contributed by atoms with E-state index in [4.69, 9.17) is 0 Å². The lowest BCUT2D eigenvalue weighted by atomic mass is 10.2. The van der Waals surface area contributed by atoms with Crippen LogP contribution < -0.4 is 10.6 Å². The third-order valence-corrected chi connectivity index (χ3v) is 3.25. The summed E-state index contributed by atoms with van der Waals surface area (Å²) in [6.07, 6.45) is 1.69. The number of anilines is 2. The molecule has 0 aliphatic rings. The molecule has 1 aromatic heterocycles. The third kappa shape index (κ3) is 2.98. The largest absolute Gasteiger partial charge is 0.506 e. The first kappa shape index (κ1) is 13.9. The van der Waals surface area contributed by atoms with Crippen LogP contribution in [0.15, 0.2) is 60.8 Å². The Kier molecular flexibility index (Phi) is 3.87. The smallest absolute Gasteiger partial charge is 0.243 e. The van der Waals surface area contributed by atoms with Crippen LogP contribution in [0.3, 0.4) is 0 Å². The minimum Gasteiger partial charge on any atom is -0.506 e. The van der Waals surface area contributed by atoms with Crippen molar-refractivity contribution < 1.29 is 9.90 Å². The van der Waals surface area contributed by atoms with E-state index in [1.807, 2.05) is 30.3 Å². The molecule has 0 saturated heterocycles. The molecule has 0 aliphatic heterocycles. The highest BCUT2D eigenvalue weighted by Crippen LogP contribution is 2.22. The average Bonchev–Trinajstić information content (AvgIpc) is 2.54. The Morgan fingerprint density at radius 2 is 1.77 bits per heavy atom. The topological polar surface area (TPSA) is 74.2 Å². The summed E-state index contributed by atoms with van der Waals surface area (Å²) in [5.74, 6) is -0.0940. The second-order valence-electron chi connectivity index (χ2n) is 4.80. The molecular weight excluding hydrogens is 278 g/mol. The molecule has 110 valence electrons. The standard InChI is InChI=1S/C17H15N3O2/c21-15-9-2-1-7-13(15)19-11-16(22)20-14-8-3-5-12-6-4-10-18-17(12)14/h1-10,19,21H,11H2,(H,20,22). The fourth-order valence-electron chi connectivity index (χ4n) is 2.20. The summed E-state index contributed by atoms with van der Waals surface area (Å²) >= 11 is 0. The first-order valence-electron chi connectivity index (χ1n) is 6.89. The van der Waals surface area contributed by atoms with Crippen molar-refractivity contribution >= 4 is 28.2 Å². The van der Waals surface area contributed by atoms with E-state index in [1.165, 1.54) is 0 Å². The minimum absolute atomic E-state index is 0.0563. The van der Waals surface area contributed by atoms with E-state index in [0.29, 0.717) is 11.4 Å². The lowest BCUT2D eigenvalue weighted by Crippen LogP contribution is -2.22. The zero-order valence-electron chi connectivity index (χ0n) is 11.8. The highest BCUT2D eigenvalue weighted by Gasteiger charge is 2.07. The number of nitrogens with zero attached hydrogens (tertiary/aromatic N) is 1. The van der Waals surface area contributed by atoms with Gasteiger partial charge >= 0.3 is 0 Å². The lowest BCUT2D eigenvalue weighted by Gasteiger charge is -2.10. The van der Waals surface area contributed by atoms with E-state index in [1.54, 1.807) is 30.5 Å². The molecule has 3 aromatic rings.